The first kappa shape index (κ1) is 46.5. The minimum atomic E-state index is -1.12. The van der Waals surface area contributed by atoms with Gasteiger partial charge >= 0.3 is 0 Å². The predicted octanol–water partition coefficient (Wildman–Crippen LogP) is 0.186. The molecule has 16 heteroatoms. The van der Waals surface area contributed by atoms with Gasteiger partial charge in [-0.25, -0.2) is 0 Å². The van der Waals surface area contributed by atoms with Crippen molar-refractivity contribution in [3.8, 4) is 11.1 Å². The van der Waals surface area contributed by atoms with Crippen LogP contribution >= 0.6 is 0 Å². The fourth-order valence-corrected chi connectivity index (χ4v) is 5.74. The van der Waals surface area contributed by atoms with Gasteiger partial charge in [0.2, 0.25) is 41.9 Å². The van der Waals surface area contributed by atoms with E-state index in [9.17, 15) is 38.4 Å². The summed E-state index contributed by atoms with van der Waals surface area (Å²) < 4.78 is 0. The summed E-state index contributed by atoms with van der Waals surface area (Å²) in [6, 6.07) is 13.5. The Morgan fingerprint density at radius 2 is 1.34 bits per heavy atom. The van der Waals surface area contributed by atoms with Crippen LogP contribution in [0.3, 0.4) is 0 Å². The van der Waals surface area contributed by atoms with E-state index in [0.717, 1.165) is 21.6 Å². The summed E-state index contributed by atoms with van der Waals surface area (Å²) >= 11 is 0. The van der Waals surface area contributed by atoms with Crippen LogP contribution in [-0.2, 0) is 44.8 Å². The van der Waals surface area contributed by atoms with Gasteiger partial charge in [0.05, 0.1) is 25.7 Å². The molecule has 4 atom stereocenters. The highest BCUT2D eigenvalue weighted by Gasteiger charge is 2.29. The van der Waals surface area contributed by atoms with Gasteiger partial charge in [0.25, 0.3) is 0 Å². The molecule has 7 amide bonds. The molecule has 56 heavy (non-hydrogen) atoms. The summed E-state index contributed by atoms with van der Waals surface area (Å²) in [5.41, 5.74) is 8.52. The average Bonchev–Trinajstić information content (AvgIpc) is 3.17. The number of nitrogens with two attached hydrogens (primary N) is 1. The van der Waals surface area contributed by atoms with Crippen LogP contribution in [0, 0.1) is 11.8 Å². The van der Waals surface area contributed by atoms with Gasteiger partial charge in [-0.05, 0) is 47.9 Å². The van der Waals surface area contributed by atoms with Crippen LogP contribution in [0.2, 0.25) is 0 Å². The van der Waals surface area contributed by atoms with Crippen molar-refractivity contribution in [2.45, 2.75) is 84.5 Å². The molecule has 0 bridgehead atoms. The molecule has 2 aromatic carbocycles. The number of ketones is 1. The third-order valence-electron chi connectivity index (χ3n) is 8.86. The van der Waals surface area contributed by atoms with Crippen LogP contribution in [0.4, 0.5) is 0 Å². The molecule has 0 heterocycles. The number of amides is 7. The Labute approximate surface area is 328 Å². The number of carbonyl (C=O) groups is 8. The Hall–Kier alpha value is -5.64. The minimum absolute atomic E-state index is 0.0312. The van der Waals surface area contributed by atoms with E-state index in [2.05, 4.69) is 31.9 Å². The molecule has 1 unspecified atom stereocenters. The smallest absolute Gasteiger partial charge is 0.243 e. The second kappa shape index (κ2) is 24.0. The topological polar surface area (TPSA) is 238 Å². The zero-order valence-corrected chi connectivity index (χ0v) is 33.2. The van der Waals surface area contributed by atoms with Gasteiger partial charge in [-0.1, -0.05) is 89.2 Å². The lowest BCUT2D eigenvalue weighted by Crippen LogP contribution is -2.56. The molecule has 16 nitrogen and oxygen atoms in total. The number of likely N-dealkylation sites (N-methyl/N-ethyl adjacent to an activating group) is 1. The fraction of sp³-hybridized carbons (Fsp3) is 0.500. The second-order valence-corrected chi connectivity index (χ2v) is 14.3. The number of Topliss-reactive ketones (excluding diaryl/α,β-unsaturated/α-hetero) is 1. The number of nitrogens with one attached hydrogen (secondary N) is 6. The minimum Gasteiger partial charge on any atom is -0.347 e. The monoisotopic (exact) mass is 778 g/mol. The first-order chi connectivity index (χ1) is 26.6. The zero-order chi connectivity index (χ0) is 41.8. The van der Waals surface area contributed by atoms with Gasteiger partial charge in [-0.15, -0.1) is 0 Å². The predicted molar refractivity (Wildman–Crippen MR) is 211 cm³/mol. The summed E-state index contributed by atoms with van der Waals surface area (Å²) in [6.07, 6.45) is 1.07. The molecule has 8 N–H and O–H groups in total. The number of nitrogens with zero attached hydrogens (tertiary/aromatic N) is 1. The molecule has 0 aromatic heterocycles. The van der Waals surface area contributed by atoms with Gasteiger partial charge in [0.1, 0.15) is 18.1 Å². The third-order valence-corrected chi connectivity index (χ3v) is 8.86. The molecule has 0 spiro atoms. The highest BCUT2D eigenvalue weighted by molar-refractivity contribution is 5.95. The highest BCUT2D eigenvalue weighted by atomic mass is 16.2. The molecule has 2 rings (SSSR count). The molecule has 2 aromatic rings. The van der Waals surface area contributed by atoms with Crippen molar-refractivity contribution in [3.63, 3.8) is 0 Å². The number of hydrogen-bond donors (Lipinski definition) is 7. The Morgan fingerprint density at radius 3 is 1.91 bits per heavy atom. The van der Waals surface area contributed by atoms with Crippen LogP contribution in [-0.4, -0.2) is 110 Å². The molecule has 306 valence electrons. The first-order valence-corrected chi connectivity index (χ1v) is 18.8. The Kier molecular flexibility index (Phi) is 19.9. The maximum absolute atomic E-state index is 13.4. The molecule has 0 aliphatic carbocycles. The van der Waals surface area contributed by atoms with Crippen molar-refractivity contribution in [3.05, 3.63) is 60.2 Å². The Morgan fingerprint density at radius 1 is 0.732 bits per heavy atom. The van der Waals surface area contributed by atoms with Crippen molar-refractivity contribution in [1.82, 2.24) is 36.8 Å². The molecular weight excluding hydrogens is 720 g/mol. The Bertz CT molecular complexity index is 1630. The van der Waals surface area contributed by atoms with Crippen molar-refractivity contribution in [2.24, 2.45) is 17.6 Å². The lowest BCUT2D eigenvalue weighted by atomic mass is 9.98. The number of hydrogen-bond acceptors (Lipinski definition) is 9. The summed E-state index contributed by atoms with van der Waals surface area (Å²) in [5.74, 6) is -4.09. The number of benzene rings is 2. The van der Waals surface area contributed by atoms with Crippen LogP contribution in [0.5, 0.6) is 0 Å². The maximum atomic E-state index is 13.4. The molecular formula is C40H58N8O8. The van der Waals surface area contributed by atoms with Crippen LogP contribution < -0.4 is 37.6 Å². The van der Waals surface area contributed by atoms with Gasteiger partial charge in [0.15, 0.2) is 5.78 Å². The Balaban J connectivity index is 1.95. The van der Waals surface area contributed by atoms with E-state index in [4.69, 9.17) is 5.73 Å². The molecule has 0 radical (unpaired) electrons. The molecule has 0 fully saturated rings. The third kappa shape index (κ3) is 16.0. The van der Waals surface area contributed by atoms with Gasteiger partial charge in [0, 0.05) is 19.9 Å². The lowest BCUT2D eigenvalue weighted by molar-refractivity contribution is -0.137. The zero-order valence-electron chi connectivity index (χ0n) is 33.2. The quantitative estimate of drug-likeness (QED) is 0.0719. The fourth-order valence-electron chi connectivity index (χ4n) is 5.74. The van der Waals surface area contributed by atoms with E-state index in [-0.39, 0.29) is 49.8 Å². The number of carbonyl (C=O) groups excluding carboxylic acids is 8. The summed E-state index contributed by atoms with van der Waals surface area (Å²) in [5, 5.41) is 15.3. The van der Waals surface area contributed by atoms with Gasteiger partial charge in [-0.2, -0.15) is 0 Å². The van der Waals surface area contributed by atoms with Gasteiger partial charge in [-0.3, -0.25) is 38.4 Å². The molecule has 0 saturated carbocycles. The van der Waals surface area contributed by atoms with Crippen molar-refractivity contribution >= 4 is 47.6 Å². The highest BCUT2D eigenvalue weighted by Crippen LogP contribution is 2.20. The summed E-state index contributed by atoms with van der Waals surface area (Å²) in [4.78, 5) is 102. The average molecular weight is 779 g/mol. The van der Waals surface area contributed by atoms with Crippen LogP contribution in [0.15, 0.2) is 54.6 Å². The summed E-state index contributed by atoms with van der Waals surface area (Å²) in [6.45, 7) is 7.68. The number of rotatable bonds is 24. The van der Waals surface area contributed by atoms with Crippen molar-refractivity contribution in [1.29, 1.82) is 0 Å². The van der Waals surface area contributed by atoms with E-state index < -0.39 is 79.2 Å². The molecule has 0 aliphatic heterocycles. The first-order valence-electron chi connectivity index (χ1n) is 18.8. The van der Waals surface area contributed by atoms with E-state index in [0.29, 0.717) is 6.41 Å². The summed E-state index contributed by atoms with van der Waals surface area (Å²) in [7, 11) is 1.36. The van der Waals surface area contributed by atoms with Crippen molar-refractivity contribution in [2.75, 3.05) is 33.2 Å². The van der Waals surface area contributed by atoms with E-state index >= 15 is 0 Å². The van der Waals surface area contributed by atoms with Crippen molar-refractivity contribution < 1.29 is 38.4 Å². The van der Waals surface area contributed by atoms with Crippen LogP contribution in [0.1, 0.15) is 59.4 Å². The van der Waals surface area contributed by atoms with E-state index in [1.165, 1.54) is 7.05 Å². The normalized spacial score (nSPS) is 13.0. The van der Waals surface area contributed by atoms with Crippen LogP contribution in [0.25, 0.3) is 11.1 Å². The standard InChI is InChI=1S/C40H58N8O8/c1-7-33(50)37(26(4)5)47-34(51)21-42-38(54)30(17-18-41)46-40(56)32(19-25(2)3)45-35(52)23-48(6)36(53)22-43-39(55)31(44-24-49)20-27-13-15-29(16-14-27)28-11-9-8-10-12-28/h8-16,24-26,30-32,37H,7,17-23,41H2,1-6H3,(H,42,54)(H,43,55)(H,44,49)(H,45,52)(H,46,56)(H,47,51)/t30-,31-,32+,37?/m0/s1. The SMILES string of the molecule is CCC(=O)C(NC(=O)CNC(=O)[C@H](CCN)NC(=O)[C@@H](CC(C)C)NC(=O)CN(C)C(=O)CNC(=O)[C@H](Cc1ccc(-c2ccccc2)cc1)NC=O)C(C)C. The molecule has 0 saturated heterocycles. The van der Waals surface area contributed by atoms with E-state index in [1.807, 2.05) is 68.4 Å². The maximum Gasteiger partial charge on any atom is 0.243 e. The molecule has 0 aliphatic rings. The second-order valence-electron chi connectivity index (χ2n) is 14.3. The largest absolute Gasteiger partial charge is 0.347 e. The van der Waals surface area contributed by atoms with Gasteiger partial charge < -0.3 is 42.5 Å². The van der Waals surface area contributed by atoms with E-state index in [1.54, 1.807) is 20.8 Å². The lowest BCUT2D eigenvalue weighted by Gasteiger charge is -2.25.